The number of carbonyl (C=O) groups is 2. The van der Waals surface area contributed by atoms with Crippen molar-refractivity contribution in [2.75, 3.05) is 33.5 Å². The van der Waals surface area contributed by atoms with Crippen LogP contribution in [0, 0.1) is 0 Å². The molecule has 0 spiro atoms. The lowest BCUT2D eigenvalue weighted by atomic mass is 9.80. The Labute approximate surface area is 205 Å². The highest BCUT2D eigenvalue weighted by Gasteiger charge is 2.39. The van der Waals surface area contributed by atoms with Crippen molar-refractivity contribution in [3.63, 3.8) is 0 Å². The summed E-state index contributed by atoms with van der Waals surface area (Å²) in [6, 6.07) is 7.05. The van der Waals surface area contributed by atoms with Crippen molar-refractivity contribution >= 4 is 23.5 Å². The molecule has 2 heterocycles. The molecule has 34 heavy (non-hydrogen) atoms. The van der Waals surface area contributed by atoms with Gasteiger partial charge in [-0.25, -0.2) is 9.59 Å². The molecule has 1 aromatic carbocycles. The van der Waals surface area contributed by atoms with Crippen LogP contribution in [0.3, 0.4) is 0 Å². The molecule has 2 aliphatic rings. The Hall–Kier alpha value is -3.07. The summed E-state index contributed by atoms with van der Waals surface area (Å²) in [5.74, 6) is -1.86. The van der Waals surface area contributed by atoms with Gasteiger partial charge in [0.15, 0.2) is 0 Å². The fourth-order valence-electron chi connectivity index (χ4n) is 3.52. The average molecular weight is 490 g/mol. The summed E-state index contributed by atoms with van der Waals surface area (Å²) in [6.07, 6.45) is 9.08. The number of benzene rings is 1. The van der Waals surface area contributed by atoms with E-state index in [0.717, 1.165) is 6.42 Å². The first-order chi connectivity index (χ1) is 16.5. The van der Waals surface area contributed by atoms with Crippen LogP contribution in [-0.2, 0) is 23.8 Å². The minimum Gasteiger partial charge on any atom is -0.466 e. The van der Waals surface area contributed by atoms with Gasteiger partial charge in [0.2, 0.25) is 0 Å². The van der Waals surface area contributed by atoms with Crippen molar-refractivity contribution in [3.8, 4) is 0 Å². The van der Waals surface area contributed by atoms with E-state index in [1.54, 1.807) is 38.1 Å². The molecule has 0 bridgehead atoms. The average Bonchev–Trinajstić information content (AvgIpc) is 2.85. The number of nitrogens with two attached hydrogens (primary N) is 1. The largest absolute Gasteiger partial charge is 0.466 e. The molecule has 4 N–H and O–H groups in total. The van der Waals surface area contributed by atoms with Crippen molar-refractivity contribution < 1.29 is 23.8 Å². The van der Waals surface area contributed by atoms with Crippen LogP contribution < -0.4 is 16.4 Å². The SMILES string of the molecule is C1=CNC=CC1.CCOC(=O)C1=C(COCCN)NC(C)=C(C(=O)OC)C1c1ccccc1Cl. The van der Waals surface area contributed by atoms with Gasteiger partial charge in [0.05, 0.1) is 49.7 Å². The molecule has 0 saturated heterocycles. The second-order valence-corrected chi connectivity index (χ2v) is 7.68. The number of halogens is 1. The zero-order valence-corrected chi connectivity index (χ0v) is 20.5. The van der Waals surface area contributed by atoms with Crippen molar-refractivity contribution in [3.05, 3.63) is 81.9 Å². The van der Waals surface area contributed by atoms with Gasteiger partial charge in [-0.1, -0.05) is 42.0 Å². The Bertz CT molecular complexity index is 965. The van der Waals surface area contributed by atoms with Crippen LogP contribution in [0.4, 0.5) is 0 Å². The highest BCUT2D eigenvalue weighted by Crippen LogP contribution is 2.41. The molecule has 0 radical (unpaired) electrons. The van der Waals surface area contributed by atoms with E-state index in [-0.39, 0.29) is 18.8 Å². The minimum atomic E-state index is -0.752. The van der Waals surface area contributed by atoms with Gasteiger partial charge in [-0.05, 0) is 44.3 Å². The Kier molecular flexibility index (Phi) is 11.4. The van der Waals surface area contributed by atoms with E-state index in [1.165, 1.54) is 7.11 Å². The van der Waals surface area contributed by atoms with Gasteiger partial charge >= 0.3 is 11.9 Å². The molecule has 184 valence electrons. The van der Waals surface area contributed by atoms with Crippen LogP contribution in [0.25, 0.3) is 0 Å². The number of carbonyl (C=O) groups excluding carboxylic acids is 2. The normalized spacial score (nSPS) is 16.8. The first-order valence-electron chi connectivity index (χ1n) is 11.0. The number of allylic oxidation sites excluding steroid dienone is 3. The Morgan fingerprint density at radius 1 is 1.15 bits per heavy atom. The summed E-state index contributed by atoms with van der Waals surface area (Å²) in [5.41, 5.74) is 7.70. The third-order valence-electron chi connectivity index (χ3n) is 4.97. The Balaban J connectivity index is 0.000000589. The lowest BCUT2D eigenvalue weighted by Crippen LogP contribution is -2.35. The lowest BCUT2D eigenvalue weighted by molar-refractivity contribution is -0.139. The monoisotopic (exact) mass is 489 g/mol. The summed E-state index contributed by atoms with van der Waals surface area (Å²) in [4.78, 5) is 25.5. The van der Waals surface area contributed by atoms with Crippen LogP contribution in [0.1, 0.15) is 31.7 Å². The zero-order valence-electron chi connectivity index (χ0n) is 19.7. The minimum absolute atomic E-state index is 0.109. The Morgan fingerprint density at radius 2 is 1.85 bits per heavy atom. The van der Waals surface area contributed by atoms with Gasteiger partial charge in [-0.2, -0.15) is 0 Å². The van der Waals surface area contributed by atoms with Crippen LogP contribution in [0.5, 0.6) is 0 Å². The number of ether oxygens (including phenoxy) is 3. The first kappa shape index (κ1) is 27.2. The maximum absolute atomic E-state index is 12.9. The zero-order chi connectivity index (χ0) is 24.9. The van der Waals surface area contributed by atoms with E-state index in [4.69, 9.17) is 31.5 Å². The maximum Gasteiger partial charge on any atom is 0.336 e. The first-order valence-corrected chi connectivity index (χ1v) is 11.4. The van der Waals surface area contributed by atoms with Gasteiger partial charge in [-0.15, -0.1) is 0 Å². The third kappa shape index (κ3) is 7.21. The predicted molar refractivity (Wildman–Crippen MR) is 132 cm³/mol. The fraction of sp³-hybridized carbons (Fsp3) is 0.360. The number of rotatable bonds is 8. The summed E-state index contributed by atoms with van der Waals surface area (Å²) in [5, 5.41) is 6.45. The molecule has 1 atom stereocenters. The van der Waals surface area contributed by atoms with E-state index in [0.29, 0.717) is 40.7 Å². The number of dihydropyridines is 2. The molecule has 0 amide bonds. The van der Waals surface area contributed by atoms with E-state index >= 15 is 0 Å². The molecule has 1 aromatic rings. The standard InChI is InChI=1S/C20H25ClN2O5.C5H7N/c1-4-28-20(25)18-15(11-27-10-9-22)23-12(2)16(19(24)26-3)17(18)13-7-5-6-8-14(13)21;1-2-4-6-5-3-1/h5-8,17,23H,4,9-11,22H2,1-3H3;2-6H,1H2. The van der Waals surface area contributed by atoms with E-state index in [2.05, 4.69) is 22.8 Å². The molecular formula is C25H32ClN3O5. The number of hydrogen-bond donors (Lipinski definition) is 3. The van der Waals surface area contributed by atoms with E-state index in [9.17, 15) is 9.59 Å². The molecule has 2 aliphatic heterocycles. The van der Waals surface area contributed by atoms with Crippen molar-refractivity contribution in [2.24, 2.45) is 5.73 Å². The lowest BCUT2D eigenvalue weighted by Gasteiger charge is -2.31. The summed E-state index contributed by atoms with van der Waals surface area (Å²) in [7, 11) is 1.29. The number of esters is 2. The van der Waals surface area contributed by atoms with Gasteiger partial charge in [-0.3, -0.25) is 0 Å². The molecule has 0 saturated carbocycles. The van der Waals surface area contributed by atoms with Crippen LogP contribution in [-0.4, -0.2) is 45.4 Å². The molecule has 0 aromatic heterocycles. The molecule has 0 aliphatic carbocycles. The van der Waals surface area contributed by atoms with Crippen molar-refractivity contribution in [1.82, 2.24) is 10.6 Å². The molecule has 9 heteroatoms. The highest BCUT2D eigenvalue weighted by molar-refractivity contribution is 6.31. The van der Waals surface area contributed by atoms with Crippen molar-refractivity contribution in [1.29, 1.82) is 0 Å². The highest BCUT2D eigenvalue weighted by atomic mass is 35.5. The topological polar surface area (TPSA) is 112 Å². The van der Waals surface area contributed by atoms with E-state index in [1.807, 2.05) is 12.4 Å². The fourth-order valence-corrected chi connectivity index (χ4v) is 3.77. The van der Waals surface area contributed by atoms with Crippen LogP contribution in [0.15, 0.2) is 71.4 Å². The number of hydrogen-bond acceptors (Lipinski definition) is 8. The number of methoxy groups -OCH3 is 1. The van der Waals surface area contributed by atoms with Gasteiger partial charge in [0.1, 0.15) is 0 Å². The van der Waals surface area contributed by atoms with Gasteiger partial charge in [0.25, 0.3) is 0 Å². The molecule has 1 unspecified atom stereocenters. The molecule has 3 rings (SSSR count). The maximum atomic E-state index is 12.9. The predicted octanol–water partition coefficient (Wildman–Crippen LogP) is 3.27. The van der Waals surface area contributed by atoms with Crippen LogP contribution >= 0.6 is 11.6 Å². The summed E-state index contributed by atoms with van der Waals surface area (Å²) in [6.45, 7) is 4.42. The third-order valence-corrected chi connectivity index (χ3v) is 5.31. The number of nitrogens with one attached hydrogen (secondary N) is 2. The second-order valence-electron chi connectivity index (χ2n) is 7.27. The Morgan fingerprint density at radius 3 is 2.38 bits per heavy atom. The quantitative estimate of drug-likeness (QED) is 0.377. The molecular weight excluding hydrogens is 458 g/mol. The van der Waals surface area contributed by atoms with Gasteiger partial charge < -0.3 is 30.6 Å². The summed E-state index contributed by atoms with van der Waals surface area (Å²) >= 11 is 6.42. The molecule has 0 fully saturated rings. The van der Waals surface area contributed by atoms with Gasteiger partial charge in [0, 0.05) is 17.3 Å². The van der Waals surface area contributed by atoms with E-state index < -0.39 is 17.9 Å². The smallest absolute Gasteiger partial charge is 0.336 e. The molecule has 8 nitrogen and oxygen atoms in total. The summed E-state index contributed by atoms with van der Waals surface area (Å²) < 4.78 is 15.8. The van der Waals surface area contributed by atoms with Crippen LogP contribution in [0.2, 0.25) is 5.02 Å². The second kappa shape index (κ2) is 14.2. The van der Waals surface area contributed by atoms with Crippen molar-refractivity contribution in [2.45, 2.75) is 26.2 Å².